The van der Waals surface area contributed by atoms with Gasteiger partial charge in [-0.1, -0.05) is 61.4 Å². The molecule has 0 aliphatic carbocycles. The van der Waals surface area contributed by atoms with Crippen molar-refractivity contribution >= 4 is 16.8 Å². The number of fused-ring (bicyclic) bond motifs is 2. The summed E-state index contributed by atoms with van der Waals surface area (Å²) >= 11 is 0. The molecule has 2 aliphatic rings. The highest BCUT2D eigenvalue weighted by Crippen LogP contribution is 2.33. The minimum atomic E-state index is 0.0732. The number of pyridine rings is 1. The van der Waals surface area contributed by atoms with Crippen molar-refractivity contribution in [1.82, 2.24) is 14.8 Å². The molecule has 196 valence electrons. The maximum atomic E-state index is 13.8. The molecule has 38 heavy (non-hydrogen) atoms. The van der Waals surface area contributed by atoms with Crippen molar-refractivity contribution in [3.63, 3.8) is 0 Å². The average molecular weight is 510 g/mol. The van der Waals surface area contributed by atoms with E-state index < -0.39 is 0 Å². The first-order chi connectivity index (χ1) is 18.5. The smallest absolute Gasteiger partial charge is 0.254 e. The number of aromatic nitrogens is 1. The molecule has 0 unspecified atom stereocenters. The highest BCUT2D eigenvalue weighted by molar-refractivity contribution is 6.07. The second kappa shape index (κ2) is 11.2. The first-order valence-electron chi connectivity index (χ1n) is 13.4. The lowest BCUT2D eigenvalue weighted by atomic mass is 10.0. The van der Waals surface area contributed by atoms with Crippen LogP contribution in [0, 0.1) is 13.8 Å². The van der Waals surface area contributed by atoms with Crippen molar-refractivity contribution in [3.05, 3.63) is 89.0 Å². The number of piperazine rings is 1. The van der Waals surface area contributed by atoms with Gasteiger partial charge in [-0.05, 0) is 49.7 Å². The van der Waals surface area contributed by atoms with E-state index in [4.69, 9.17) is 14.5 Å². The molecule has 1 aromatic heterocycles. The third-order valence-electron chi connectivity index (χ3n) is 7.04. The molecular weight excluding hydrogens is 474 g/mol. The van der Waals surface area contributed by atoms with Crippen LogP contribution in [0.3, 0.4) is 0 Å². The van der Waals surface area contributed by atoms with Gasteiger partial charge < -0.3 is 14.4 Å². The van der Waals surface area contributed by atoms with E-state index in [-0.39, 0.29) is 12.7 Å². The van der Waals surface area contributed by atoms with Crippen molar-refractivity contribution in [3.8, 4) is 22.8 Å². The summed E-state index contributed by atoms with van der Waals surface area (Å²) in [4.78, 5) is 23.1. The van der Waals surface area contributed by atoms with Crippen molar-refractivity contribution < 1.29 is 14.3 Å². The molecule has 1 amide bonds. The van der Waals surface area contributed by atoms with Gasteiger partial charge in [0, 0.05) is 43.7 Å². The van der Waals surface area contributed by atoms with Crippen LogP contribution in [-0.4, -0.2) is 53.7 Å². The Balaban J connectivity index is 0.00000144. The first kappa shape index (κ1) is 25.7. The van der Waals surface area contributed by atoms with Crippen molar-refractivity contribution in [1.29, 1.82) is 0 Å². The van der Waals surface area contributed by atoms with Gasteiger partial charge in [0.25, 0.3) is 5.91 Å². The van der Waals surface area contributed by atoms with Gasteiger partial charge in [-0.25, -0.2) is 4.98 Å². The van der Waals surface area contributed by atoms with Gasteiger partial charge in [-0.15, -0.1) is 0 Å². The lowest BCUT2D eigenvalue weighted by molar-refractivity contribution is 0.0630. The summed E-state index contributed by atoms with van der Waals surface area (Å²) in [6.45, 7) is 12.3. The molecule has 2 aliphatic heterocycles. The Morgan fingerprint density at radius 2 is 1.53 bits per heavy atom. The second-order valence-corrected chi connectivity index (χ2v) is 9.70. The van der Waals surface area contributed by atoms with E-state index in [1.54, 1.807) is 0 Å². The molecule has 3 aromatic carbocycles. The number of benzene rings is 3. The number of aryl methyl sites for hydroxylation is 2. The predicted octanol–water partition coefficient (Wildman–Crippen LogP) is 6.23. The predicted molar refractivity (Wildman–Crippen MR) is 152 cm³/mol. The van der Waals surface area contributed by atoms with Gasteiger partial charge in [0.05, 0.1) is 16.8 Å². The van der Waals surface area contributed by atoms with E-state index >= 15 is 0 Å². The van der Waals surface area contributed by atoms with Crippen LogP contribution < -0.4 is 9.47 Å². The van der Waals surface area contributed by atoms with Gasteiger partial charge in [0.1, 0.15) is 0 Å². The molecule has 3 heterocycles. The van der Waals surface area contributed by atoms with Crippen LogP contribution in [0.1, 0.15) is 40.9 Å². The molecule has 0 spiro atoms. The standard InChI is InChI=1S/C30H29N3O3.C2H6/c1-20-3-7-23(8-4-20)27-17-25(24-15-21(2)5-9-26(24)31-27)30(34)33-13-11-32(12-14-33)18-22-6-10-28-29(16-22)36-19-35-28;1-2/h3-10,15-17H,11-14,18-19H2,1-2H3;1-2H3. The van der Waals surface area contributed by atoms with Crippen molar-refractivity contribution in [2.75, 3.05) is 33.0 Å². The van der Waals surface area contributed by atoms with E-state index in [0.29, 0.717) is 13.1 Å². The van der Waals surface area contributed by atoms with Crippen LogP contribution in [0.15, 0.2) is 66.7 Å². The topological polar surface area (TPSA) is 54.9 Å². The molecule has 6 nitrogen and oxygen atoms in total. The molecule has 0 N–H and O–H groups in total. The Hall–Kier alpha value is -3.90. The van der Waals surface area contributed by atoms with Gasteiger partial charge in [0.15, 0.2) is 11.5 Å². The normalized spacial score (nSPS) is 14.8. The summed E-state index contributed by atoms with van der Waals surface area (Å²) in [5.41, 5.74) is 6.94. The van der Waals surface area contributed by atoms with E-state index in [0.717, 1.165) is 64.4 Å². The molecule has 6 heteroatoms. The van der Waals surface area contributed by atoms with Crippen molar-refractivity contribution in [2.24, 2.45) is 0 Å². The fraction of sp³-hybridized carbons (Fsp3) is 0.312. The maximum absolute atomic E-state index is 13.8. The van der Waals surface area contributed by atoms with Crippen LogP contribution in [0.2, 0.25) is 0 Å². The van der Waals surface area contributed by atoms with Gasteiger partial charge >= 0.3 is 0 Å². The van der Waals surface area contributed by atoms with Gasteiger partial charge in [-0.3, -0.25) is 9.69 Å². The monoisotopic (exact) mass is 509 g/mol. The number of hydrogen-bond acceptors (Lipinski definition) is 5. The number of amides is 1. The second-order valence-electron chi connectivity index (χ2n) is 9.70. The number of ether oxygens (including phenoxy) is 2. The molecule has 0 bridgehead atoms. The lowest BCUT2D eigenvalue weighted by Gasteiger charge is -2.35. The summed E-state index contributed by atoms with van der Waals surface area (Å²) < 4.78 is 10.9. The Morgan fingerprint density at radius 1 is 0.816 bits per heavy atom. The summed E-state index contributed by atoms with van der Waals surface area (Å²) in [5.74, 6) is 1.69. The molecule has 1 saturated heterocycles. The molecule has 6 rings (SSSR count). The zero-order valence-electron chi connectivity index (χ0n) is 22.7. The van der Waals surface area contributed by atoms with Crippen LogP contribution >= 0.6 is 0 Å². The van der Waals surface area contributed by atoms with E-state index in [1.807, 2.05) is 36.9 Å². The highest BCUT2D eigenvalue weighted by atomic mass is 16.7. The van der Waals surface area contributed by atoms with E-state index in [9.17, 15) is 4.79 Å². The number of nitrogens with zero attached hydrogens (tertiary/aromatic N) is 3. The molecule has 1 fully saturated rings. The number of rotatable bonds is 4. The maximum Gasteiger partial charge on any atom is 0.254 e. The van der Waals surface area contributed by atoms with Crippen LogP contribution in [0.4, 0.5) is 0 Å². The quantitative estimate of drug-likeness (QED) is 0.326. The Labute approximate surface area is 224 Å². The number of carbonyl (C=O) groups is 1. The van der Waals surface area contributed by atoms with Gasteiger partial charge in [-0.2, -0.15) is 0 Å². The Kier molecular flexibility index (Phi) is 7.61. The van der Waals surface area contributed by atoms with Gasteiger partial charge in [0.2, 0.25) is 6.79 Å². The molecule has 0 atom stereocenters. The lowest BCUT2D eigenvalue weighted by Crippen LogP contribution is -2.48. The minimum Gasteiger partial charge on any atom is -0.454 e. The zero-order chi connectivity index (χ0) is 26.6. The third kappa shape index (κ3) is 5.36. The fourth-order valence-electron chi connectivity index (χ4n) is 4.97. The largest absolute Gasteiger partial charge is 0.454 e. The Bertz CT molecular complexity index is 1440. The van der Waals surface area contributed by atoms with Crippen LogP contribution in [0.5, 0.6) is 11.5 Å². The number of hydrogen-bond donors (Lipinski definition) is 0. The zero-order valence-corrected chi connectivity index (χ0v) is 22.7. The highest BCUT2D eigenvalue weighted by Gasteiger charge is 2.25. The fourth-order valence-corrected chi connectivity index (χ4v) is 4.97. The third-order valence-corrected chi connectivity index (χ3v) is 7.04. The molecule has 0 radical (unpaired) electrons. The summed E-state index contributed by atoms with van der Waals surface area (Å²) in [5, 5.41) is 0.915. The number of carbonyl (C=O) groups excluding carboxylic acids is 1. The minimum absolute atomic E-state index is 0.0732. The Morgan fingerprint density at radius 3 is 2.29 bits per heavy atom. The van der Waals surface area contributed by atoms with E-state index in [2.05, 4.69) is 67.3 Å². The van der Waals surface area contributed by atoms with Crippen LogP contribution in [-0.2, 0) is 6.54 Å². The summed E-state index contributed by atoms with van der Waals surface area (Å²) in [6.07, 6.45) is 0. The molecular formula is C32H35N3O3. The summed E-state index contributed by atoms with van der Waals surface area (Å²) in [7, 11) is 0. The summed E-state index contributed by atoms with van der Waals surface area (Å²) in [6, 6.07) is 22.5. The average Bonchev–Trinajstić information content (AvgIpc) is 3.42. The SMILES string of the molecule is CC.Cc1ccc(-c2cc(C(=O)N3CCN(Cc4ccc5c(c4)OCO5)CC3)c3cc(C)ccc3n2)cc1. The van der Waals surface area contributed by atoms with E-state index in [1.165, 1.54) is 11.1 Å². The molecule has 0 saturated carbocycles. The van der Waals surface area contributed by atoms with Crippen LogP contribution in [0.25, 0.3) is 22.2 Å². The first-order valence-corrected chi connectivity index (χ1v) is 13.4. The molecule has 4 aromatic rings. The van der Waals surface area contributed by atoms with Crippen molar-refractivity contribution in [2.45, 2.75) is 34.2 Å².